The standard InChI is InChI=1S/C16H19NO2S/c1-13-9-11-14(12-10-13)16(2,3)17-20(18,19)15-7-5-4-6-8-15/h4-12,17H,1-3H3. The summed E-state index contributed by atoms with van der Waals surface area (Å²) in [6, 6.07) is 16.3. The molecule has 0 atom stereocenters. The van der Waals surface area contributed by atoms with E-state index >= 15 is 0 Å². The van der Waals surface area contributed by atoms with Gasteiger partial charge < -0.3 is 0 Å². The highest BCUT2D eigenvalue weighted by Crippen LogP contribution is 2.23. The zero-order chi connectivity index (χ0) is 14.8. The van der Waals surface area contributed by atoms with Gasteiger partial charge >= 0.3 is 0 Å². The van der Waals surface area contributed by atoms with Crippen molar-refractivity contribution >= 4 is 10.0 Å². The van der Waals surface area contributed by atoms with Gasteiger partial charge in [-0.25, -0.2) is 13.1 Å². The van der Waals surface area contributed by atoms with Crippen molar-refractivity contribution in [2.45, 2.75) is 31.2 Å². The van der Waals surface area contributed by atoms with Crippen LogP contribution in [0.15, 0.2) is 59.5 Å². The van der Waals surface area contributed by atoms with Crippen LogP contribution in [-0.4, -0.2) is 8.42 Å². The zero-order valence-corrected chi connectivity index (χ0v) is 12.7. The van der Waals surface area contributed by atoms with Gasteiger partial charge in [0.15, 0.2) is 0 Å². The molecule has 0 aliphatic heterocycles. The first kappa shape index (κ1) is 14.8. The van der Waals surface area contributed by atoms with Gasteiger partial charge in [-0.05, 0) is 38.5 Å². The minimum Gasteiger partial charge on any atom is -0.207 e. The molecule has 0 radical (unpaired) electrons. The van der Waals surface area contributed by atoms with Gasteiger partial charge in [0.05, 0.1) is 10.4 Å². The Hall–Kier alpha value is -1.65. The summed E-state index contributed by atoms with van der Waals surface area (Å²) < 4.78 is 27.5. The van der Waals surface area contributed by atoms with E-state index in [9.17, 15) is 8.42 Å². The number of benzene rings is 2. The SMILES string of the molecule is Cc1ccc(C(C)(C)NS(=O)(=O)c2ccccc2)cc1. The van der Waals surface area contributed by atoms with E-state index in [-0.39, 0.29) is 4.90 Å². The normalized spacial score (nSPS) is 12.3. The lowest BCUT2D eigenvalue weighted by atomic mass is 9.95. The second-order valence-corrected chi connectivity index (χ2v) is 7.09. The van der Waals surface area contributed by atoms with E-state index < -0.39 is 15.6 Å². The van der Waals surface area contributed by atoms with Crippen molar-refractivity contribution in [1.29, 1.82) is 0 Å². The molecule has 0 unspecified atom stereocenters. The number of hydrogen-bond donors (Lipinski definition) is 1. The monoisotopic (exact) mass is 289 g/mol. The van der Waals surface area contributed by atoms with Gasteiger partial charge in [0.2, 0.25) is 10.0 Å². The molecule has 0 amide bonds. The second-order valence-electron chi connectivity index (χ2n) is 5.41. The molecule has 2 aromatic rings. The fourth-order valence-corrected chi connectivity index (χ4v) is 3.45. The maximum atomic E-state index is 12.4. The van der Waals surface area contributed by atoms with Crippen LogP contribution in [0.3, 0.4) is 0 Å². The summed E-state index contributed by atoms with van der Waals surface area (Å²) in [5.74, 6) is 0. The number of nitrogens with one attached hydrogen (secondary N) is 1. The minimum absolute atomic E-state index is 0.278. The third kappa shape index (κ3) is 3.26. The maximum Gasteiger partial charge on any atom is 0.241 e. The lowest BCUT2D eigenvalue weighted by Crippen LogP contribution is -2.40. The Morgan fingerprint density at radius 2 is 1.45 bits per heavy atom. The van der Waals surface area contributed by atoms with Gasteiger partial charge in [-0.1, -0.05) is 48.0 Å². The van der Waals surface area contributed by atoms with Crippen LogP contribution in [0.25, 0.3) is 0 Å². The summed E-state index contributed by atoms with van der Waals surface area (Å²) in [7, 11) is -3.53. The molecule has 0 aliphatic rings. The number of rotatable bonds is 4. The van der Waals surface area contributed by atoms with Crippen LogP contribution < -0.4 is 4.72 Å². The average molecular weight is 289 g/mol. The molecular formula is C16H19NO2S. The summed E-state index contributed by atoms with van der Waals surface area (Å²) in [5.41, 5.74) is 1.42. The van der Waals surface area contributed by atoms with Crippen LogP contribution in [0.5, 0.6) is 0 Å². The average Bonchev–Trinajstić information content (AvgIpc) is 2.39. The molecule has 0 fully saturated rings. The van der Waals surface area contributed by atoms with Crippen molar-refractivity contribution in [1.82, 2.24) is 4.72 Å². The van der Waals surface area contributed by atoms with E-state index in [1.807, 2.05) is 45.0 Å². The molecule has 0 saturated carbocycles. The number of sulfonamides is 1. The van der Waals surface area contributed by atoms with Gasteiger partial charge in [0.1, 0.15) is 0 Å². The van der Waals surface area contributed by atoms with Gasteiger partial charge in [0, 0.05) is 0 Å². The summed E-state index contributed by atoms with van der Waals surface area (Å²) in [6.45, 7) is 5.72. The molecular weight excluding hydrogens is 270 g/mol. The molecule has 0 aliphatic carbocycles. The Bertz CT molecular complexity index is 674. The molecule has 0 bridgehead atoms. The topological polar surface area (TPSA) is 46.2 Å². The van der Waals surface area contributed by atoms with Gasteiger partial charge in [0.25, 0.3) is 0 Å². The lowest BCUT2D eigenvalue weighted by Gasteiger charge is -2.26. The molecule has 1 N–H and O–H groups in total. The van der Waals surface area contributed by atoms with Crippen LogP contribution in [-0.2, 0) is 15.6 Å². The van der Waals surface area contributed by atoms with Gasteiger partial charge in [-0.15, -0.1) is 0 Å². The Morgan fingerprint density at radius 3 is 2.00 bits per heavy atom. The summed E-state index contributed by atoms with van der Waals surface area (Å²) in [4.78, 5) is 0.278. The van der Waals surface area contributed by atoms with E-state index in [4.69, 9.17) is 0 Å². The second kappa shape index (κ2) is 5.38. The van der Waals surface area contributed by atoms with Crippen LogP contribution >= 0.6 is 0 Å². The predicted octanol–water partition coefficient (Wildman–Crippen LogP) is 3.21. The Balaban J connectivity index is 2.30. The fraction of sp³-hybridized carbons (Fsp3) is 0.250. The van der Waals surface area contributed by atoms with Crippen molar-refractivity contribution in [3.8, 4) is 0 Å². The molecule has 2 aromatic carbocycles. The van der Waals surface area contributed by atoms with Crippen LogP contribution in [0.1, 0.15) is 25.0 Å². The van der Waals surface area contributed by atoms with E-state index in [0.717, 1.165) is 11.1 Å². The third-order valence-corrected chi connectivity index (χ3v) is 4.89. The van der Waals surface area contributed by atoms with Crippen LogP contribution in [0, 0.1) is 6.92 Å². The predicted molar refractivity (Wildman–Crippen MR) is 81.0 cm³/mol. The van der Waals surface area contributed by atoms with Crippen molar-refractivity contribution < 1.29 is 8.42 Å². The largest absolute Gasteiger partial charge is 0.241 e. The quantitative estimate of drug-likeness (QED) is 0.939. The van der Waals surface area contributed by atoms with E-state index in [0.29, 0.717) is 0 Å². The first-order valence-corrected chi connectivity index (χ1v) is 7.96. The van der Waals surface area contributed by atoms with Crippen molar-refractivity contribution in [3.63, 3.8) is 0 Å². The molecule has 0 heterocycles. The Morgan fingerprint density at radius 1 is 0.900 bits per heavy atom. The van der Waals surface area contributed by atoms with Crippen molar-refractivity contribution in [2.24, 2.45) is 0 Å². The molecule has 0 aromatic heterocycles. The van der Waals surface area contributed by atoms with E-state index in [2.05, 4.69) is 4.72 Å². The van der Waals surface area contributed by atoms with E-state index in [1.54, 1.807) is 30.3 Å². The summed E-state index contributed by atoms with van der Waals surface area (Å²) in [5, 5.41) is 0. The zero-order valence-electron chi connectivity index (χ0n) is 11.9. The van der Waals surface area contributed by atoms with Crippen molar-refractivity contribution in [3.05, 3.63) is 65.7 Å². The molecule has 20 heavy (non-hydrogen) atoms. The highest BCUT2D eigenvalue weighted by molar-refractivity contribution is 7.89. The minimum atomic E-state index is -3.53. The maximum absolute atomic E-state index is 12.4. The number of hydrogen-bond acceptors (Lipinski definition) is 2. The molecule has 4 heteroatoms. The highest BCUT2D eigenvalue weighted by Gasteiger charge is 2.27. The molecule has 0 saturated heterocycles. The van der Waals surface area contributed by atoms with Gasteiger partial charge in [-0.3, -0.25) is 0 Å². The first-order chi connectivity index (χ1) is 9.31. The van der Waals surface area contributed by atoms with Crippen molar-refractivity contribution in [2.75, 3.05) is 0 Å². The van der Waals surface area contributed by atoms with Crippen LogP contribution in [0.4, 0.5) is 0 Å². The third-order valence-electron chi connectivity index (χ3n) is 3.22. The first-order valence-electron chi connectivity index (χ1n) is 6.47. The lowest BCUT2D eigenvalue weighted by molar-refractivity contribution is 0.472. The smallest absolute Gasteiger partial charge is 0.207 e. The molecule has 2 rings (SSSR count). The molecule has 0 spiro atoms. The van der Waals surface area contributed by atoms with E-state index in [1.165, 1.54) is 0 Å². The van der Waals surface area contributed by atoms with Crippen LogP contribution in [0.2, 0.25) is 0 Å². The van der Waals surface area contributed by atoms with Gasteiger partial charge in [-0.2, -0.15) is 0 Å². The summed E-state index contributed by atoms with van der Waals surface area (Å²) >= 11 is 0. The fourth-order valence-electron chi connectivity index (χ4n) is 2.02. The Kier molecular flexibility index (Phi) is 3.97. The molecule has 3 nitrogen and oxygen atoms in total. The number of aryl methyl sites for hydroxylation is 1. The summed E-state index contributed by atoms with van der Waals surface area (Å²) in [6.07, 6.45) is 0. The molecule has 106 valence electrons. The Labute approximate surface area is 120 Å². The highest BCUT2D eigenvalue weighted by atomic mass is 32.2.